The summed E-state index contributed by atoms with van der Waals surface area (Å²) in [6, 6.07) is 14.6. The Hall–Kier alpha value is -1.96. The number of rotatable bonds is 0. The van der Waals surface area contributed by atoms with Crippen LogP contribution in [0, 0.1) is 0 Å². The molecule has 2 heteroatoms. The molecule has 0 aromatic heterocycles. The second-order valence-electron chi connectivity index (χ2n) is 7.57. The first kappa shape index (κ1) is 18.1. The van der Waals surface area contributed by atoms with Gasteiger partial charge in [0.2, 0.25) is 0 Å². The summed E-state index contributed by atoms with van der Waals surface area (Å²) in [5.41, 5.74) is 2.42. The van der Waals surface area contributed by atoms with E-state index in [1.54, 1.807) is 30.3 Å². The molecule has 0 saturated heterocycles. The van der Waals surface area contributed by atoms with Gasteiger partial charge in [0.05, 0.1) is 0 Å². The van der Waals surface area contributed by atoms with Gasteiger partial charge in [-0.25, -0.2) is 0 Å². The van der Waals surface area contributed by atoms with E-state index >= 15 is 0 Å². The largest absolute Gasteiger partial charge is 0.508 e. The lowest BCUT2D eigenvalue weighted by Gasteiger charge is -2.25. The highest BCUT2D eigenvalue weighted by atomic mass is 16.3. The molecule has 2 N–H and O–H groups in total. The van der Waals surface area contributed by atoms with Gasteiger partial charge in [-0.15, -0.1) is 0 Å². The zero-order chi connectivity index (χ0) is 17.0. The molecule has 0 bridgehead atoms. The molecule has 0 amide bonds. The van der Waals surface area contributed by atoms with E-state index in [9.17, 15) is 5.11 Å². The van der Waals surface area contributed by atoms with Crippen molar-refractivity contribution in [1.29, 1.82) is 0 Å². The Bertz CT molecular complexity index is 587. The van der Waals surface area contributed by atoms with Crippen molar-refractivity contribution < 1.29 is 10.2 Å². The maximum atomic E-state index is 9.84. The molecule has 2 aromatic rings. The molecular weight excluding hydrogens is 272 g/mol. The van der Waals surface area contributed by atoms with Crippen molar-refractivity contribution in [3.63, 3.8) is 0 Å². The third kappa shape index (κ3) is 5.44. The molecule has 0 unspecified atom stereocenters. The minimum atomic E-state index is -0.00859. The summed E-state index contributed by atoms with van der Waals surface area (Å²) >= 11 is 0. The predicted octanol–water partition coefficient (Wildman–Crippen LogP) is 5.38. The Kier molecular flexibility index (Phi) is 5.65. The Balaban J connectivity index is 0.000000287. The van der Waals surface area contributed by atoms with E-state index in [-0.39, 0.29) is 10.8 Å². The summed E-state index contributed by atoms with van der Waals surface area (Å²) in [6.45, 7) is 12.9. The van der Waals surface area contributed by atoms with E-state index in [1.807, 2.05) is 12.1 Å². The van der Waals surface area contributed by atoms with Gasteiger partial charge >= 0.3 is 0 Å². The summed E-state index contributed by atoms with van der Waals surface area (Å²) in [5, 5.41) is 18.5. The Morgan fingerprint density at radius 2 is 1.23 bits per heavy atom. The molecule has 0 radical (unpaired) electrons. The molecule has 0 aliphatic rings. The molecule has 120 valence electrons. The van der Waals surface area contributed by atoms with Crippen LogP contribution in [-0.4, -0.2) is 10.2 Å². The minimum Gasteiger partial charge on any atom is -0.508 e. The lowest BCUT2D eigenvalue weighted by molar-refractivity contribution is 0.444. The van der Waals surface area contributed by atoms with Crippen LogP contribution in [0.3, 0.4) is 0 Å². The monoisotopic (exact) mass is 300 g/mol. The average molecular weight is 300 g/mol. The molecule has 0 fully saturated rings. The number of phenols is 2. The molecule has 2 nitrogen and oxygen atoms in total. The SMILES string of the molecule is CC(C)(C)c1ccc(O)c(C(C)(C)C)c1.Oc1ccccc1. The standard InChI is InChI=1S/C14H22O.C6H6O/c1-13(2,3)10-7-8-12(15)11(9-10)14(4,5)6;7-6-4-2-1-3-5-6/h7-9,15H,1-6H3;1-5,7H. The van der Waals surface area contributed by atoms with Crippen molar-refractivity contribution in [3.05, 3.63) is 59.7 Å². The van der Waals surface area contributed by atoms with E-state index in [0.717, 1.165) is 5.56 Å². The van der Waals surface area contributed by atoms with Gasteiger partial charge in [-0.1, -0.05) is 71.9 Å². The normalized spacial score (nSPS) is 11.5. The highest BCUT2D eigenvalue weighted by molar-refractivity contribution is 5.42. The summed E-state index contributed by atoms with van der Waals surface area (Å²) in [7, 11) is 0. The predicted molar refractivity (Wildman–Crippen MR) is 93.6 cm³/mol. The fourth-order valence-electron chi connectivity index (χ4n) is 2.03. The van der Waals surface area contributed by atoms with Gasteiger partial charge in [0.1, 0.15) is 11.5 Å². The van der Waals surface area contributed by atoms with E-state index < -0.39 is 0 Å². The van der Waals surface area contributed by atoms with Crippen LogP contribution in [0.1, 0.15) is 52.7 Å². The van der Waals surface area contributed by atoms with E-state index in [4.69, 9.17) is 5.11 Å². The van der Waals surface area contributed by atoms with Gasteiger partial charge < -0.3 is 10.2 Å². The quantitative estimate of drug-likeness (QED) is 0.685. The Morgan fingerprint density at radius 1 is 0.682 bits per heavy atom. The molecule has 0 aliphatic heterocycles. The van der Waals surface area contributed by atoms with Gasteiger partial charge in [-0.3, -0.25) is 0 Å². The van der Waals surface area contributed by atoms with E-state index in [2.05, 4.69) is 47.6 Å². The molecule has 0 saturated carbocycles. The molecule has 2 rings (SSSR count). The average Bonchev–Trinajstić information content (AvgIpc) is 2.38. The van der Waals surface area contributed by atoms with Crippen molar-refractivity contribution >= 4 is 0 Å². The number of aromatic hydroxyl groups is 2. The summed E-state index contributed by atoms with van der Waals surface area (Å²) in [4.78, 5) is 0. The Morgan fingerprint density at radius 3 is 1.59 bits per heavy atom. The van der Waals surface area contributed by atoms with Crippen LogP contribution in [0.15, 0.2) is 48.5 Å². The maximum absolute atomic E-state index is 9.84. The molecular formula is C20H28O2. The van der Waals surface area contributed by atoms with Gasteiger partial charge in [0.25, 0.3) is 0 Å². The van der Waals surface area contributed by atoms with Crippen molar-refractivity contribution in [2.75, 3.05) is 0 Å². The topological polar surface area (TPSA) is 40.5 Å². The lowest BCUT2D eigenvalue weighted by Crippen LogP contribution is -2.16. The van der Waals surface area contributed by atoms with Crippen LogP contribution in [0.25, 0.3) is 0 Å². The Labute approximate surface area is 134 Å². The first-order valence-electron chi connectivity index (χ1n) is 7.60. The van der Waals surface area contributed by atoms with Crippen molar-refractivity contribution in [2.45, 2.75) is 52.4 Å². The molecule has 0 atom stereocenters. The van der Waals surface area contributed by atoms with Crippen molar-refractivity contribution in [3.8, 4) is 11.5 Å². The second kappa shape index (κ2) is 6.87. The van der Waals surface area contributed by atoms with Crippen LogP contribution in [0.4, 0.5) is 0 Å². The minimum absolute atomic E-state index is 0.00859. The fraction of sp³-hybridized carbons (Fsp3) is 0.400. The van der Waals surface area contributed by atoms with E-state index in [0.29, 0.717) is 11.5 Å². The smallest absolute Gasteiger partial charge is 0.119 e. The third-order valence-corrected chi connectivity index (χ3v) is 3.43. The highest BCUT2D eigenvalue weighted by Gasteiger charge is 2.21. The van der Waals surface area contributed by atoms with Crippen LogP contribution < -0.4 is 0 Å². The number of para-hydroxylation sites is 1. The third-order valence-electron chi connectivity index (χ3n) is 3.43. The molecule has 0 aliphatic carbocycles. The first-order chi connectivity index (χ1) is 10.0. The molecule has 22 heavy (non-hydrogen) atoms. The van der Waals surface area contributed by atoms with Crippen LogP contribution in [0.2, 0.25) is 0 Å². The highest BCUT2D eigenvalue weighted by Crippen LogP contribution is 2.34. The van der Waals surface area contributed by atoms with Gasteiger partial charge in [-0.2, -0.15) is 0 Å². The van der Waals surface area contributed by atoms with Crippen molar-refractivity contribution in [2.24, 2.45) is 0 Å². The van der Waals surface area contributed by atoms with Crippen LogP contribution >= 0.6 is 0 Å². The van der Waals surface area contributed by atoms with Gasteiger partial charge in [0, 0.05) is 0 Å². The number of hydrogen-bond acceptors (Lipinski definition) is 2. The zero-order valence-electron chi connectivity index (χ0n) is 14.5. The lowest BCUT2D eigenvalue weighted by atomic mass is 9.80. The first-order valence-corrected chi connectivity index (χ1v) is 7.60. The summed E-state index contributed by atoms with van der Waals surface area (Å²) in [6.07, 6.45) is 0. The number of phenolic OH excluding ortho intramolecular Hbond substituents is 2. The van der Waals surface area contributed by atoms with Crippen molar-refractivity contribution in [1.82, 2.24) is 0 Å². The van der Waals surface area contributed by atoms with Crippen LogP contribution in [0.5, 0.6) is 11.5 Å². The van der Waals surface area contributed by atoms with Gasteiger partial charge in [-0.05, 0) is 40.2 Å². The van der Waals surface area contributed by atoms with E-state index in [1.165, 1.54) is 5.56 Å². The van der Waals surface area contributed by atoms with Gasteiger partial charge in [0.15, 0.2) is 0 Å². The maximum Gasteiger partial charge on any atom is 0.119 e. The zero-order valence-corrected chi connectivity index (χ0v) is 14.5. The van der Waals surface area contributed by atoms with Crippen LogP contribution in [-0.2, 0) is 10.8 Å². The fourth-order valence-corrected chi connectivity index (χ4v) is 2.03. The molecule has 0 spiro atoms. The summed E-state index contributed by atoms with van der Waals surface area (Å²) < 4.78 is 0. The number of hydrogen-bond donors (Lipinski definition) is 2. The second-order valence-corrected chi connectivity index (χ2v) is 7.57. The number of benzene rings is 2. The molecule has 0 heterocycles. The summed E-state index contributed by atoms with van der Waals surface area (Å²) in [5.74, 6) is 0.720. The molecule has 2 aromatic carbocycles.